The fourth-order valence-electron chi connectivity index (χ4n) is 3.70. The summed E-state index contributed by atoms with van der Waals surface area (Å²) in [5.74, 6) is -0.591. The number of amides is 1. The van der Waals surface area contributed by atoms with Gasteiger partial charge in [-0.05, 0) is 49.2 Å². The number of benzene rings is 2. The van der Waals surface area contributed by atoms with Gasteiger partial charge < -0.3 is 14.7 Å². The van der Waals surface area contributed by atoms with E-state index in [1.165, 1.54) is 0 Å². The van der Waals surface area contributed by atoms with Gasteiger partial charge in [0.1, 0.15) is 5.60 Å². The molecule has 1 fully saturated rings. The number of carboxylic acid groups (broad SMARTS) is 1. The molecule has 2 heterocycles. The highest BCUT2D eigenvalue weighted by Crippen LogP contribution is 2.29. The van der Waals surface area contributed by atoms with Gasteiger partial charge in [-0.25, -0.2) is 9.59 Å². The summed E-state index contributed by atoms with van der Waals surface area (Å²) in [6.07, 6.45) is 3.55. The highest BCUT2D eigenvalue weighted by Gasteiger charge is 2.33. The van der Waals surface area contributed by atoms with Crippen LogP contribution >= 0.6 is 0 Å². The van der Waals surface area contributed by atoms with E-state index in [9.17, 15) is 14.7 Å². The van der Waals surface area contributed by atoms with E-state index < -0.39 is 11.6 Å². The van der Waals surface area contributed by atoms with Crippen LogP contribution in [-0.2, 0) is 11.3 Å². The molecule has 1 aliphatic heterocycles. The minimum absolute atomic E-state index is 0.267. The average Bonchev–Trinajstić information content (AvgIpc) is 3.10. The van der Waals surface area contributed by atoms with E-state index >= 15 is 0 Å². The molecule has 7 heteroatoms. The number of carbonyl (C=O) groups excluding carboxylic acids is 1. The first-order chi connectivity index (χ1) is 14.2. The molecule has 0 saturated carbocycles. The van der Waals surface area contributed by atoms with Crippen LogP contribution in [0.4, 0.5) is 4.79 Å². The molecule has 1 amide bonds. The summed E-state index contributed by atoms with van der Waals surface area (Å²) in [4.78, 5) is 25.0. The first-order valence-corrected chi connectivity index (χ1v) is 9.96. The Balaban J connectivity index is 1.44. The van der Waals surface area contributed by atoms with E-state index in [1.807, 2.05) is 62.1 Å². The minimum Gasteiger partial charge on any atom is -0.478 e. The van der Waals surface area contributed by atoms with Crippen LogP contribution in [0.25, 0.3) is 21.9 Å². The summed E-state index contributed by atoms with van der Waals surface area (Å²) in [7, 11) is 0. The number of aromatic carboxylic acids is 1. The maximum Gasteiger partial charge on any atom is 0.410 e. The van der Waals surface area contributed by atoms with Crippen molar-refractivity contribution in [2.75, 3.05) is 13.1 Å². The van der Waals surface area contributed by atoms with Crippen LogP contribution in [0.3, 0.4) is 0 Å². The van der Waals surface area contributed by atoms with Gasteiger partial charge in [-0.2, -0.15) is 5.10 Å². The molecule has 1 N–H and O–H groups in total. The molecular weight excluding hydrogens is 382 g/mol. The SMILES string of the molecule is CC(C)(C)OC(=O)N1CC(Cn2cc(-c3cccc4cc(C(=O)O)ccc34)cn2)C1. The summed E-state index contributed by atoms with van der Waals surface area (Å²) in [5.41, 5.74) is 1.78. The van der Waals surface area contributed by atoms with Crippen molar-refractivity contribution in [3.8, 4) is 11.1 Å². The average molecular weight is 407 g/mol. The highest BCUT2D eigenvalue weighted by atomic mass is 16.6. The van der Waals surface area contributed by atoms with Crippen LogP contribution in [0, 0.1) is 5.92 Å². The summed E-state index contributed by atoms with van der Waals surface area (Å²) in [6.45, 7) is 7.65. The molecule has 0 radical (unpaired) electrons. The Hall–Kier alpha value is -3.35. The number of carboxylic acids is 1. The molecule has 7 nitrogen and oxygen atoms in total. The molecule has 4 rings (SSSR count). The molecule has 0 spiro atoms. The van der Waals surface area contributed by atoms with Crippen molar-refractivity contribution in [3.05, 3.63) is 54.4 Å². The molecule has 0 atom stereocenters. The topological polar surface area (TPSA) is 84.7 Å². The summed E-state index contributed by atoms with van der Waals surface area (Å²) < 4.78 is 7.29. The largest absolute Gasteiger partial charge is 0.478 e. The molecule has 0 bridgehead atoms. The second-order valence-electron chi connectivity index (χ2n) is 8.75. The zero-order valence-corrected chi connectivity index (χ0v) is 17.3. The summed E-state index contributed by atoms with van der Waals surface area (Å²) in [6, 6.07) is 11.0. The minimum atomic E-state index is -0.934. The van der Waals surface area contributed by atoms with Crippen LogP contribution in [0.5, 0.6) is 0 Å². The number of aromatic nitrogens is 2. The van der Waals surface area contributed by atoms with Gasteiger partial charge in [-0.15, -0.1) is 0 Å². The predicted molar refractivity (Wildman–Crippen MR) is 113 cm³/mol. The van der Waals surface area contributed by atoms with Gasteiger partial charge in [0.15, 0.2) is 0 Å². The fourth-order valence-corrected chi connectivity index (χ4v) is 3.70. The van der Waals surface area contributed by atoms with Gasteiger partial charge >= 0.3 is 12.1 Å². The lowest BCUT2D eigenvalue weighted by Gasteiger charge is -2.39. The first kappa shape index (κ1) is 19.9. The maximum absolute atomic E-state index is 12.1. The smallest absolute Gasteiger partial charge is 0.410 e. The van der Waals surface area contributed by atoms with E-state index in [-0.39, 0.29) is 11.7 Å². The Morgan fingerprint density at radius 1 is 1.20 bits per heavy atom. The molecule has 1 aromatic heterocycles. The zero-order chi connectivity index (χ0) is 21.5. The summed E-state index contributed by atoms with van der Waals surface area (Å²) in [5, 5.41) is 15.6. The predicted octanol–water partition coefficient (Wildman–Crippen LogP) is 4.27. The number of carbonyl (C=O) groups is 2. The number of likely N-dealkylation sites (tertiary alicyclic amines) is 1. The molecule has 1 saturated heterocycles. The van der Waals surface area contributed by atoms with Crippen LogP contribution in [0.15, 0.2) is 48.8 Å². The van der Waals surface area contributed by atoms with E-state index in [1.54, 1.807) is 17.0 Å². The van der Waals surface area contributed by atoms with E-state index in [0.29, 0.717) is 19.0 Å². The van der Waals surface area contributed by atoms with Gasteiger partial charge in [-0.1, -0.05) is 24.3 Å². The van der Waals surface area contributed by atoms with Crippen molar-refractivity contribution in [2.24, 2.45) is 5.92 Å². The van der Waals surface area contributed by atoms with Gasteiger partial charge in [0.25, 0.3) is 0 Å². The number of hydrogen-bond acceptors (Lipinski definition) is 4. The van der Waals surface area contributed by atoms with Gasteiger partial charge in [0, 0.05) is 37.3 Å². The summed E-state index contributed by atoms with van der Waals surface area (Å²) >= 11 is 0. The van der Waals surface area contributed by atoms with Gasteiger partial charge in [-0.3, -0.25) is 4.68 Å². The van der Waals surface area contributed by atoms with Crippen molar-refractivity contribution in [1.29, 1.82) is 0 Å². The van der Waals surface area contributed by atoms with Crippen molar-refractivity contribution in [3.63, 3.8) is 0 Å². The van der Waals surface area contributed by atoms with Crippen molar-refractivity contribution < 1.29 is 19.4 Å². The molecule has 30 heavy (non-hydrogen) atoms. The standard InChI is InChI=1S/C23H25N3O4/c1-23(2,3)30-22(29)25-11-15(12-25)13-26-14-18(10-24-26)19-6-4-5-16-9-17(21(27)28)7-8-20(16)19/h4-10,14-15H,11-13H2,1-3H3,(H,27,28). The zero-order valence-electron chi connectivity index (χ0n) is 17.3. The van der Waals surface area contributed by atoms with Crippen LogP contribution in [-0.4, -0.2) is 50.5 Å². The van der Waals surface area contributed by atoms with Crippen LogP contribution in [0.1, 0.15) is 31.1 Å². The van der Waals surface area contributed by atoms with E-state index in [0.717, 1.165) is 28.4 Å². The molecule has 156 valence electrons. The number of nitrogens with zero attached hydrogens (tertiary/aromatic N) is 3. The van der Waals surface area contributed by atoms with E-state index in [2.05, 4.69) is 5.10 Å². The lowest BCUT2D eigenvalue weighted by molar-refractivity contribution is -0.00384. The molecule has 0 aliphatic carbocycles. The van der Waals surface area contributed by atoms with Crippen LogP contribution in [0.2, 0.25) is 0 Å². The van der Waals surface area contributed by atoms with Crippen molar-refractivity contribution in [1.82, 2.24) is 14.7 Å². The molecule has 3 aromatic rings. The molecule has 0 unspecified atom stereocenters. The number of hydrogen-bond donors (Lipinski definition) is 1. The highest BCUT2D eigenvalue weighted by molar-refractivity contribution is 6.00. The maximum atomic E-state index is 12.1. The lowest BCUT2D eigenvalue weighted by atomic mass is 9.98. The quantitative estimate of drug-likeness (QED) is 0.698. The molecule has 1 aliphatic rings. The van der Waals surface area contributed by atoms with E-state index in [4.69, 9.17) is 4.74 Å². The Bertz CT molecular complexity index is 1110. The Morgan fingerprint density at radius 2 is 1.97 bits per heavy atom. The third kappa shape index (κ3) is 4.15. The normalized spacial score (nSPS) is 14.6. The number of fused-ring (bicyclic) bond motifs is 1. The first-order valence-electron chi connectivity index (χ1n) is 9.96. The second-order valence-corrected chi connectivity index (χ2v) is 8.75. The molecular formula is C23H25N3O4. The Morgan fingerprint density at radius 3 is 2.67 bits per heavy atom. The number of rotatable bonds is 4. The van der Waals surface area contributed by atoms with Crippen molar-refractivity contribution >= 4 is 22.8 Å². The fraction of sp³-hybridized carbons (Fsp3) is 0.348. The lowest BCUT2D eigenvalue weighted by Crippen LogP contribution is -2.52. The second kappa shape index (κ2) is 7.48. The van der Waals surface area contributed by atoms with Crippen LogP contribution < -0.4 is 0 Å². The Labute approximate surface area is 174 Å². The molecule has 2 aromatic carbocycles. The van der Waals surface area contributed by atoms with Crippen molar-refractivity contribution in [2.45, 2.75) is 32.9 Å². The monoisotopic (exact) mass is 407 g/mol. The Kier molecular flexibility index (Phi) is 4.97. The third-order valence-corrected chi connectivity index (χ3v) is 5.13. The third-order valence-electron chi connectivity index (χ3n) is 5.13. The number of ether oxygens (including phenoxy) is 1. The van der Waals surface area contributed by atoms with Gasteiger partial charge in [0.05, 0.1) is 11.8 Å². The van der Waals surface area contributed by atoms with Gasteiger partial charge in [0.2, 0.25) is 0 Å².